The summed E-state index contributed by atoms with van der Waals surface area (Å²) < 4.78 is 93.4. The predicted octanol–water partition coefficient (Wildman–Crippen LogP) is 6.45. The molecule has 4 heterocycles. The molecule has 0 radical (unpaired) electrons. The third kappa shape index (κ3) is 10.1. The second kappa shape index (κ2) is 17.3. The van der Waals surface area contributed by atoms with Gasteiger partial charge in [-0.3, -0.25) is 14.5 Å². The number of nitrogens with zero attached hydrogens (tertiary/aromatic N) is 4. The van der Waals surface area contributed by atoms with Crippen LogP contribution in [0.2, 0.25) is 0 Å². The summed E-state index contributed by atoms with van der Waals surface area (Å²) in [5.41, 5.74) is -1.77. The van der Waals surface area contributed by atoms with E-state index in [0.29, 0.717) is 70.6 Å². The number of benzene rings is 2. The number of carbonyl (C=O) groups is 4. The van der Waals surface area contributed by atoms with Gasteiger partial charge in [0.15, 0.2) is 6.10 Å². The van der Waals surface area contributed by atoms with Crippen LogP contribution in [0.3, 0.4) is 0 Å². The second-order valence-corrected chi connectivity index (χ2v) is 15.0. The summed E-state index contributed by atoms with van der Waals surface area (Å²) in [6, 6.07) is 8.17. The van der Waals surface area contributed by atoms with Gasteiger partial charge in [-0.25, -0.2) is 9.59 Å². The standard InChI is InChI=1S/C39H47F6N5O6/c1-2-55-34(51)24-47-13-7-26(8-14-47)28-9-15-49(23-28)35(52)33(21-25-19-29(38(40,41)42)22-30(20-25)39(43,44)45)56-37(54)48-16-11-31(12-17-48)50-18-10-27-5-3-4-6-32(27)46-36(50)53/h3-6,19-20,22,26,28,31,33H,2,7-18,21,23-24H2,1H3,(H,46,53)/t28?,33-/m1/s1. The Morgan fingerprint density at radius 2 is 1.45 bits per heavy atom. The minimum atomic E-state index is -5.10. The number of hydrogen-bond acceptors (Lipinski definition) is 7. The first-order valence-corrected chi connectivity index (χ1v) is 19.1. The number of urea groups is 1. The summed E-state index contributed by atoms with van der Waals surface area (Å²) in [6.07, 6.45) is -9.90. The zero-order chi connectivity index (χ0) is 40.2. The van der Waals surface area contributed by atoms with Crippen molar-refractivity contribution in [2.75, 3.05) is 64.3 Å². The number of anilines is 1. The average Bonchev–Trinajstić information content (AvgIpc) is 3.58. The Morgan fingerprint density at radius 1 is 0.821 bits per heavy atom. The molecule has 6 rings (SSSR count). The van der Waals surface area contributed by atoms with Crippen molar-refractivity contribution < 1.29 is 55.0 Å². The molecule has 2 aromatic rings. The zero-order valence-corrected chi connectivity index (χ0v) is 31.2. The summed E-state index contributed by atoms with van der Waals surface area (Å²) >= 11 is 0. The number of ether oxygens (including phenoxy) is 2. The van der Waals surface area contributed by atoms with E-state index in [1.54, 1.807) is 11.8 Å². The van der Waals surface area contributed by atoms with Gasteiger partial charge in [0.1, 0.15) is 0 Å². The lowest BCUT2D eigenvalue weighted by atomic mass is 9.84. The topological polar surface area (TPSA) is 112 Å². The molecule has 1 unspecified atom stereocenters. The highest BCUT2D eigenvalue weighted by Crippen LogP contribution is 2.37. The number of para-hydroxylation sites is 1. The maximum atomic E-state index is 14.1. The Bertz CT molecular complexity index is 1710. The molecular weight excluding hydrogens is 748 g/mol. The monoisotopic (exact) mass is 795 g/mol. The Balaban J connectivity index is 1.13. The van der Waals surface area contributed by atoms with Crippen molar-refractivity contribution in [3.8, 4) is 0 Å². The largest absolute Gasteiger partial charge is 0.465 e. The molecule has 2 aromatic carbocycles. The molecule has 3 fully saturated rings. The minimum absolute atomic E-state index is 0.0167. The number of fused-ring (bicyclic) bond motifs is 1. The molecule has 1 N–H and O–H groups in total. The molecule has 0 bridgehead atoms. The first-order valence-electron chi connectivity index (χ1n) is 19.1. The lowest BCUT2D eigenvalue weighted by Gasteiger charge is -2.38. The number of esters is 1. The first-order chi connectivity index (χ1) is 26.6. The third-order valence-electron chi connectivity index (χ3n) is 11.4. The van der Waals surface area contributed by atoms with Crippen LogP contribution in [0.25, 0.3) is 0 Å². The molecule has 17 heteroatoms. The van der Waals surface area contributed by atoms with Gasteiger partial charge in [-0.05, 0) is 106 Å². The van der Waals surface area contributed by atoms with Gasteiger partial charge < -0.3 is 29.5 Å². The molecule has 0 aliphatic carbocycles. The Kier molecular flexibility index (Phi) is 12.7. The highest BCUT2D eigenvalue weighted by molar-refractivity contribution is 5.91. The molecular formula is C39H47F6N5O6. The van der Waals surface area contributed by atoms with Gasteiger partial charge in [0.2, 0.25) is 0 Å². The number of likely N-dealkylation sites (tertiary alicyclic amines) is 3. The lowest BCUT2D eigenvalue weighted by molar-refractivity contribution is -0.145. The first kappa shape index (κ1) is 41.1. The molecule has 4 amide bonds. The second-order valence-electron chi connectivity index (χ2n) is 15.0. The van der Waals surface area contributed by atoms with Crippen LogP contribution >= 0.6 is 0 Å². The molecule has 11 nitrogen and oxygen atoms in total. The van der Waals surface area contributed by atoms with Gasteiger partial charge in [-0.1, -0.05) is 18.2 Å². The fourth-order valence-corrected chi connectivity index (χ4v) is 8.37. The molecule has 0 spiro atoms. The highest BCUT2D eigenvalue weighted by Gasteiger charge is 2.41. The van der Waals surface area contributed by atoms with E-state index < -0.39 is 53.6 Å². The number of alkyl halides is 6. The molecule has 56 heavy (non-hydrogen) atoms. The predicted molar refractivity (Wildman–Crippen MR) is 191 cm³/mol. The normalized spacial score (nSPS) is 20.9. The van der Waals surface area contributed by atoms with Crippen molar-refractivity contribution >= 4 is 29.7 Å². The number of hydrogen-bond donors (Lipinski definition) is 1. The molecule has 0 saturated carbocycles. The quantitative estimate of drug-likeness (QED) is 0.230. The van der Waals surface area contributed by atoms with E-state index in [1.165, 1.54) is 9.80 Å². The Hall–Kier alpha value is -4.54. The molecule has 2 atom stereocenters. The highest BCUT2D eigenvalue weighted by atomic mass is 19.4. The third-order valence-corrected chi connectivity index (χ3v) is 11.4. The van der Waals surface area contributed by atoms with Crippen molar-refractivity contribution in [3.05, 3.63) is 64.7 Å². The average molecular weight is 796 g/mol. The van der Waals surface area contributed by atoms with Crippen molar-refractivity contribution in [2.24, 2.45) is 11.8 Å². The zero-order valence-electron chi connectivity index (χ0n) is 31.2. The van der Waals surface area contributed by atoms with Gasteiger partial charge in [0, 0.05) is 50.9 Å². The van der Waals surface area contributed by atoms with Gasteiger partial charge in [0.25, 0.3) is 5.91 Å². The van der Waals surface area contributed by atoms with Crippen LogP contribution in [-0.4, -0.2) is 115 Å². The van der Waals surface area contributed by atoms with Crippen LogP contribution in [0.4, 0.5) is 41.6 Å². The molecule has 0 aromatic heterocycles. The van der Waals surface area contributed by atoms with Crippen LogP contribution in [0.5, 0.6) is 0 Å². The summed E-state index contributed by atoms with van der Waals surface area (Å²) in [7, 11) is 0. The van der Waals surface area contributed by atoms with Crippen LogP contribution < -0.4 is 5.32 Å². The molecule has 4 aliphatic heterocycles. The molecule has 4 aliphatic rings. The van der Waals surface area contributed by atoms with Gasteiger partial charge in [0.05, 0.1) is 24.3 Å². The smallest absolute Gasteiger partial charge is 0.416 e. The molecule has 306 valence electrons. The summed E-state index contributed by atoms with van der Waals surface area (Å²) in [5, 5.41) is 2.94. The summed E-state index contributed by atoms with van der Waals surface area (Å²) in [6.45, 7) is 4.90. The van der Waals surface area contributed by atoms with Crippen molar-refractivity contribution in [1.82, 2.24) is 19.6 Å². The number of carbonyl (C=O) groups excluding carboxylic acids is 4. The number of nitrogens with one attached hydrogen (secondary N) is 1. The fourth-order valence-electron chi connectivity index (χ4n) is 8.37. The van der Waals surface area contributed by atoms with Crippen molar-refractivity contribution in [1.29, 1.82) is 0 Å². The van der Waals surface area contributed by atoms with E-state index in [2.05, 4.69) is 5.32 Å². The number of piperidine rings is 2. The summed E-state index contributed by atoms with van der Waals surface area (Å²) in [5.74, 6) is -0.685. The van der Waals surface area contributed by atoms with Crippen LogP contribution in [0.15, 0.2) is 42.5 Å². The number of halogens is 6. The number of rotatable bonds is 9. The van der Waals surface area contributed by atoms with E-state index in [-0.39, 0.29) is 62.1 Å². The van der Waals surface area contributed by atoms with E-state index in [4.69, 9.17) is 9.47 Å². The SMILES string of the molecule is CCOC(=O)CN1CCC(C2CCN(C(=O)[C@@H](Cc3cc(C(F)(F)F)cc(C(F)(F)F)c3)OC(=O)N3CCC(N4CCc5ccccc5NC4=O)CC3)C2)CC1. The summed E-state index contributed by atoms with van der Waals surface area (Å²) in [4.78, 5) is 59.3. The maximum absolute atomic E-state index is 14.1. The van der Waals surface area contributed by atoms with E-state index in [1.807, 2.05) is 29.2 Å². The van der Waals surface area contributed by atoms with Gasteiger partial charge >= 0.3 is 30.4 Å². The minimum Gasteiger partial charge on any atom is -0.465 e. The maximum Gasteiger partial charge on any atom is 0.416 e. The number of amides is 4. The lowest BCUT2D eigenvalue weighted by Crippen LogP contribution is -2.51. The van der Waals surface area contributed by atoms with E-state index in [9.17, 15) is 45.5 Å². The van der Waals surface area contributed by atoms with Crippen LogP contribution in [0, 0.1) is 11.8 Å². The van der Waals surface area contributed by atoms with E-state index in [0.717, 1.165) is 24.1 Å². The van der Waals surface area contributed by atoms with Crippen LogP contribution in [-0.2, 0) is 44.3 Å². The van der Waals surface area contributed by atoms with Gasteiger partial charge in [-0.2, -0.15) is 26.3 Å². The van der Waals surface area contributed by atoms with Crippen molar-refractivity contribution in [2.45, 2.75) is 76.4 Å². The Morgan fingerprint density at radius 3 is 2.09 bits per heavy atom. The fraction of sp³-hybridized carbons (Fsp3) is 0.590. The van der Waals surface area contributed by atoms with Crippen LogP contribution in [0.1, 0.15) is 61.3 Å². The van der Waals surface area contributed by atoms with Gasteiger partial charge in [-0.15, -0.1) is 0 Å². The van der Waals surface area contributed by atoms with Crippen molar-refractivity contribution in [3.63, 3.8) is 0 Å². The van der Waals surface area contributed by atoms with E-state index >= 15 is 0 Å². The Labute approximate surface area is 321 Å². The molecule has 3 saturated heterocycles.